The van der Waals surface area contributed by atoms with Crippen LogP contribution in [0.25, 0.3) is 0 Å². The molecule has 4 nitrogen and oxygen atoms in total. The zero-order valence-electron chi connectivity index (χ0n) is 14.3. The van der Waals surface area contributed by atoms with Crippen molar-refractivity contribution in [2.75, 3.05) is 36.8 Å². The summed E-state index contributed by atoms with van der Waals surface area (Å²) in [5.74, 6) is -2.11. The maximum Gasteiger partial charge on any atom is 0.214 e. The van der Waals surface area contributed by atoms with E-state index in [0.29, 0.717) is 36.8 Å². The Morgan fingerprint density at radius 3 is 2.73 bits per heavy atom. The Balaban J connectivity index is 1.80. The molecule has 0 radical (unpaired) electrons. The number of nitrogens with zero attached hydrogens (tertiary/aromatic N) is 3. The van der Waals surface area contributed by atoms with Gasteiger partial charge in [-0.05, 0) is 44.6 Å². The van der Waals surface area contributed by atoms with E-state index in [1.54, 1.807) is 0 Å². The van der Waals surface area contributed by atoms with E-state index in [9.17, 15) is 13.2 Å². The minimum atomic E-state index is -0.844. The summed E-state index contributed by atoms with van der Waals surface area (Å²) in [7, 11) is 3.95. The number of halogens is 4. The van der Waals surface area contributed by atoms with Crippen molar-refractivity contribution in [3.8, 4) is 0 Å². The van der Waals surface area contributed by atoms with Gasteiger partial charge in [-0.25, -0.2) is 13.8 Å². The molecule has 1 aliphatic rings. The van der Waals surface area contributed by atoms with Crippen LogP contribution in [0.1, 0.15) is 6.42 Å². The van der Waals surface area contributed by atoms with Crippen LogP contribution in [0.3, 0.4) is 0 Å². The zero-order chi connectivity index (χ0) is 18.8. The summed E-state index contributed by atoms with van der Waals surface area (Å²) in [6, 6.07) is 5.68. The number of benzene rings is 1. The summed E-state index contributed by atoms with van der Waals surface area (Å²) < 4.78 is 44.9. The van der Waals surface area contributed by atoms with Gasteiger partial charge in [-0.15, -0.1) is 0 Å². The number of hydrogen-bond donors (Lipinski definition) is 1. The van der Waals surface area contributed by atoms with Gasteiger partial charge < -0.3 is 14.5 Å². The summed E-state index contributed by atoms with van der Waals surface area (Å²) >= 11 is 6.84. The number of pyridine rings is 1. The molecule has 1 N–H and O–H groups in total. The van der Waals surface area contributed by atoms with Gasteiger partial charge in [0.25, 0.3) is 0 Å². The smallest absolute Gasteiger partial charge is 0.214 e. The molecule has 0 bridgehead atoms. The monoisotopic (exact) mass is 402 g/mol. The minimum Gasteiger partial charge on any atom is -0.369 e. The van der Waals surface area contributed by atoms with E-state index < -0.39 is 17.6 Å². The van der Waals surface area contributed by atoms with E-state index in [2.05, 4.69) is 14.6 Å². The van der Waals surface area contributed by atoms with E-state index in [1.807, 2.05) is 19.0 Å². The summed E-state index contributed by atoms with van der Waals surface area (Å²) in [6.45, 7) is 1.34. The van der Waals surface area contributed by atoms with E-state index in [1.165, 1.54) is 24.3 Å². The highest BCUT2D eigenvalue weighted by atomic mass is 35.5. The number of anilines is 2. The molecule has 9 heteroatoms. The molecule has 26 heavy (non-hydrogen) atoms. The lowest BCUT2D eigenvalue weighted by molar-refractivity contribution is 0.315. The molecule has 1 saturated heterocycles. The minimum absolute atomic E-state index is 0.123. The normalized spacial score (nSPS) is 17.2. The number of rotatable bonds is 5. The van der Waals surface area contributed by atoms with Crippen molar-refractivity contribution in [2.24, 2.45) is 0 Å². The molecule has 1 aromatic heterocycles. The molecule has 140 valence electrons. The Morgan fingerprint density at radius 1 is 1.31 bits per heavy atom. The lowest BCUT2D eigenvalue weighted by Crippen LogP contribution is -2.31. The fourth-order valence-electron chi connectivity index (χ4n) is 2.84. The molecule has 0 saturated carbocycles. The third-order valence-corrected chi connectivity index (χ3v) is 5.55. The second-order valence-electron chi connectivity index (χ2n) is 6.24. The highest BCUT2D eigenvalue weighted by Crippen LogP contribution is 2.38. The second kappa shape index (κ2) is 7.94. The first-order valence-corrected chi connectivity index (χ1v) is 9.20. The third-order valence-electron chi connectivity index (χ3n) is 4.30. The summed E-state index contributed by atoms with van der Waals surface area (Å²) in [5, 5.41) is -0.123. The largest absolute Gasteiger partial charge is 0.369 e. The Kier molecular flexibility index (Phi) is 5.84. The van der Waals surface area contributed by atoms with Crippen molar-refractivity contribution in [3.05, 3.63) is 46.9 Å². The van der Waals surface area contributed by atoms with Crippen molar-refractivity contribution in [3.63, 3.8) is 0 Å². The second-order valence-corrected chi connectivity index (χ2v) is 7.43. The molecule has 1 aliphatic heterocycles. The highest BCUT2D eigenvalue weighted by Gasteiger charge is 2.28. The molecular weight excluding hydrogens is 385 g/mol. The Bertz CT molecular complexity index is 806. The van der Waals surface area contributed by atoms with Crippen molar-refractivity contribution in [2.45, 2.75) is 17.4 Å². The van der Waals surface area contributed by atoms with Gasteiger partial charge in [0, 0.05) is 25.2 Å². The Hall–Kier alpha value is -1.64. The highest BCUT2D eigenvalue weighted by molar-refractivity contribution is 8.00. The average Bonchev–Trinajstić information content (AvgIpc) is 3.08. The Labute approximate surface area is 159 Å². The lowest BCUT2D eigenvalue weighted by atomic mass is 10.2. The lowest BCUT2D eigenvalue weighted by Gasteiger charge is -2.23. The molecule has 1 unspecified atom stereocenters. The standard InChI is InChI=1S/C17H18ClF3N4S/c1-24(2)10-6-7-25(9-10)12-8-11(19)17(16(21)15(12)18)26-23-14-5-3-4-13(20)22-14/h3-5,8,10H,6-7,9H2,1-2H3,(H,22,23). The third kappa shape index (κ3) is 4.02. The van der Waals surface area contributed by atoms with Gasteiger partial charge in [0.05, 0.1) is 5.69 Å². The van der Waals surface area contributed by atoms with Gasteiger partial charge in [-0.1, -0.05) is 17.7 Å². The quantitative estimate of drug-likeness (QED) is 0.455. The molecule has 2 heterocycles. The molecular formula is C17H18ClF3N4S. The van der Waals surface area contributed by atoms with Crippen molar-refractivity contribution < 1.29 is 13.2 Å². The van der Waals surface area contributed by atoms with Crippen molar-refractivity contribution >= 4 is 35.1 Å². The van der Waals surface area contributed by atoms with Gasteiger partial charge >= 0.3 is 0 Å². The number of nitrogens with one attached hydrogen (secondary N) is 1. The van der Waals surface area contributed by atoms with E-state index >= 15 is 0 Å². The van der Waals surface area contributed by atoms with Crippen molar-refractivity contribution in [1.82, 2.24) is 9.88 Å². The van der Waals surface area contributed by atoms with Crippen LogP contribution in [0, 0.1) is 17.6 Å². The first-order chi connectivity index (χ1) is 12.4. The summed E-state index contributed by atoms with van der Waals surface area (Å²) in [6.07, 6.45) is 0.899. The van der Waals surface area contributed by atoms with E-state index in [4.69, 9.17) is 11.6 Å². The molecule has 0 aliphatic carbocycles. The van der Waals surface area contributed by atoms with Crippen LogP contribution in [0.4, 0.5) is 24.7 Å². The first kappa shape index (κ1) is 19.1. The number of likely N-dealkylation sites (N-methyl/N-ethyl adjacent to an activating group) is 1. The van der Waals surface area contributed by atoms with Crippen LogP contribution >= 0.6 is 23.5 Å². The van der Waals surface area contributed by atoms with Gasteiger partial charge in [-0.3, -0.25) is 0 Å². The summed E-state index contributed by atoms with van der Waals surface area (Å²) in [4.78, 5) is 7.27. The molecule has 0 amide bonds. The molecule has 0 spiro atoms. The summed E-state index contributed by atoms with van der Waals surface area (Å²) in [5.41, 5.74) is 0.347. The van der Waals surface area contributed by atoms with Crippen molar-refractivity contribution in [1.29, 1.82) is 0 Å². The van der Waals surface area contributed by atoms with E-state index in [-0.39, 0.29) is 15.7 Å². The fraction of sp³-hybridized carbons (Fsp3) is 0.353. The number of aromatic nitrogens is 1. The molecule has 1 fully saturated rings. The SMILES string of the molecule is CN(C)C1CCN(c2cc(F)c(SNc3cccc(F)n3)c(F)c2Cl)C1. The van der Waals surface area contributed by atoms with Crippen LogP contribution < -0.4 is 9.62 Å². The predicted octanol–water partition coefficient (Wildman–Crippen LogP) is 4.41. The fourth-order valence-corrected chi connectivity index (χ4v) is 3.83. The van der Waals surface area contributed by atoms with Gasteiger partial charge in [0.15, 0.2) is 5.82 Å². The molecule has 1 atom stereocenters. The average molecular weight is 403 g/mol. The van der Waals surface area contributed by atoms with Gasteiger partial charge in [0.1, 0.15) is 21.6 Å². The van der Waals surface area contributed by atoms with E-state index in [0.717, 1.165) is 6.42 Å². The maximum atomic E-state index is 14.6. The van der Waals surface area contributed by atoms with Crippen LogP contribution in [-0.4, -0.2) is 43.1 Å². The van der Waals surface area contributed by atoms with Gasteiger partial charge in [-0.2, -0.15) is 4.39 Å². The van der Waals surface area contributed by atoms with Crippen LogP contribution in [0.2, 0.25) is 5.02 Å². The van der Waals surface area contributed by atoms with Crippen LogP contribution in [0.15, 0.2) is 29.2 Å². The van der Waals surface area contributed by atoms with Crippen LogP contribution in [-0.2, 0) is 0 Å². The number of hydrogen-bond acceptors (Lipinski definition) is 5. The maximum absolute atomic E-state index is 14.6. The van der Waals surface area contributed by atoms with Gasteiger partial charge in [0.2, 0.25) is 5.95 Å². The molecule has 2 aromatic rings. The van der Waals surface area contributed by atoms with Crippen LogP contribution in [0.5, 0.6) is 0 Å². The zero-order valence-corrected chi connectivity index (χ0v) is 15.8. The molecule has 1 aromatic carbocycles. The first-order valence-electron chi connectivity index (χ1n) is 8.01. The Morgan fingerprint density at radius 2 is 2.08 bits per heavy atom. The molecule has 3 rings (SSSR count). The predicted molar refractivity (Wildman–Crippen MR) is 99.3 cm³/mol. The topological polar surface area (TPSA) is 31.4 Å².